The number of rotatable bonds is 31. The summed E-state index contributed by atoms with van der Waals surface area (Å²) < 4.78 is 31.7. The van der Waals surface area contributed by atoms with Crippen LogP contribution in [0.3, 0.4) is 0 Å². The second-order valence-corrected chi connectivity index (χ2v) is 12.9. The fourth-order valence-electron chi connectivity index (χ4n) is 4.72. The molecule has 0 rings (SSSR count). The summed E-state index contributed by atoms with van der Waals surface area (Å²) >= 11 is 0. The molecule has 0 bridgehead atoms. The number of esters is 2. The van der Waals surface area contributed by atoms with Gasteiger partial charge in [0.25, 0.3) is 0 Å². The van der Waals surface area contributed by atoms with Crippen LogP contribution < -0.4 is 0 Å². The Morgan fingerprint density at radius 3 is 1.34 bits per heavy atom. The molecule has 2 atom stereocenters. The predicted molar refractivity (Wildman–Crippen MR) is 166 cm³/mol. The highest BCUT2D eigenvalue weighted by Gasteiger charge is 2.24. The molecule has 0 aromatic carbocycles. The molecule has 0 saturated heterocycles. The van der Waals surface area contributed by atoms with Gasteiger partial charge in [0.1, 0.15) is 6.61 Å². The largest absolute Gasteiger partial charge is 0.472 e. The monoisotopic (exact) mass is 606 g/mol. The van der Waals surface area contributed by atoms with Crippen molar-refractivity contribution >= 4 is 19.8 Å². The Morgan fingerprint density at radius 1 is 0.585 bits per heavy atom. The lowest BCUT2D eigenvalue weighted by atomic mass is 10.0. The number of phosphoric acid groups is 1. The summed E-state index contributed by atoms with van der Waals surface area (Å²) in [7, 11) is -3.18. The average Bonchev–Trinajstić information content (AvgIpc) is 2.96. The van der Waals surface area contributed by atoms with Crippen molar-refractivity contribution in [3.8, 4) is 0 Å². The second kappa shape index (κ2) is 29.1. The van der Waals surface area contributed by atoms with E-state index in [1.54, 1.807) is 0 Å². The highest BCUT2D eigenvalue weighted by Crippen LogP contribution is 2.42. The first kappa shape index (κ1) is 40.1. The third kappa shape index (κ3) is 28.9. The number of phosphoric ester groups is 1. The van der Waals surface area contributed by atoms with Crippen molar-refractivity contribution in [1.82, 2.24) is 0 Å². The second-order valence-electron chi connectivity index (χ2n) is 11.3. The Labute approximate surface area is 251 Å². The molecule has 0 amide bonds. The third-order valence-electron chi connectivity index (χ3n) is 7.35. The van der Waals surface area contributed by atoms with Gasteiger partial charge in [0.05, 0.1) is 6.61 Å². The van der Waals surface area contributed by atoms with Gasteiger partial charge in [-0.25, -0.2) is 4.57 Å². The van der Waals surface area contributed by atoms with E-state index in [2.05, 4.69) is 18.4 Å². The van der Waals surface area contributed by atoms with Crippen molar-refractivity contribution < 1.29 is 37.6 Å². The molecule has 0 aliphatic heterocycles. The molecule has 2 unspecified atom stereocenters. The zero-order valence-corrected chi connectivity index (χ0v) is 27.6. The van der Waals surface area contributed by atoms with E-state index in [1.807, 2.05) is 0 Å². The van der Waals surface area contributed by atoms with Crippen LogP contribution in [0.5, 0.6) is 0 Å². The highest BCUT2D eigenvalue weighted by molar-refractivity contribution is 7.47. The van der Waals surface area contributed by atoms with Gasteiger partial charge in [-0.2, -0.15) is 0 Å². The summed E-state index contributed by atoms with van der Waals surface area (Å²) in [5, 5.41) is 0. The van der Waals surface area contributed by atoms with Gasteiger partial charge in [0.15, 0.2) is 6.10 Å². The maximum atomic E-state index is 12.4. The summed E-state index contributed by atoms with van der Waals surface area (Å²) in [4.78, 5) is 34.1. The molecule has 0 aliphatic rings. The zero-order valence-electron chi connectivity index (χ0n) is 26.7. The summed E-state index contributed by atoms with van der Waals surface area (Å²) in [6.45, 7) is 3.85. The fourth-order valence-corrected chi connectivity index (χ4v) is 5.18. The molecule has 0 heterocycles. The van der Waals surface area contributed by atoms with E-state index in [9.17, 15) is 19.0 Å². The van der Waals surface area contributed by atoms with Crippen LogP contribution in [0.15, 0.2) is 0 Å². The van der Waals surface area contributed by atoms with Crippen LogP contribution in [0.1, 0.15) is 168 Å². The van der Waals surface area contributed by atoms with Crippen molar-refractivity contribution in [2.24, 2.45) is 0 Å². The topological polar surface area (TPSA) is 108 Å². The maximum Gasteiger partial charge on any atom is 0.472 e. The number of unbranched alkanes of at least 4 members (excludes halogenated alkanes) is 20. The van der Waals surface area contributed by atoms with Crippen LogP contribution in [-0.2, 0) is 32.7 Å². The van der Waals surface area contributed by atoms with Gasteiger partial charge >= 0.3 is 19.8 Å². The molecule has 244 valence electrons. The van der Waals surface area contributed by atoms with E-state index in [0.29, 0.717) is 6.42 Å². The molecular weight excluding hydrogens is 543 g/mol. The summed E-state index contributed by atoms with van der Waals surface area (Å²) in [6, 6.07) is 0. The van der Waals surface area contributed by atoms with Gasteiger partial charge in [-0.3, -0.25) is 18.6 Å². The van der Waals surface area contributed by atoms with E-state index < -0.39 is 26.5 Å². The fraction of sp³-hybridized carbons (Fsp3) is 0.938. The molecule has 0 radical (unpaired) electrons. The molecule has 0 aromatic rings. The molecule has 0 saturated carbocycles. The normalized spacial score (nSPS) is 13.6. The van der Waals surface area contributed by atoms with Crippen molar-refractivity contribution in [3.63, 3.8) is 0 Å². The van der Waals surface area contributed by atoms with Crippen LogP contribution in [0, 0.1) is 0 Å². The van der Waals surface area contributed by atoms with Gasteiger partial charge < -0.3 is 14.4 Å². The lowest BCUT2D eigenvalue weighted by molar-refractivity contribution is -0.161. The number of hydrogen-bond acceptors (Lipinski definition) is 7. The number of ether oxygens (including phenoxy) is 2. The van der Waals surface area contributed by atoms with Crippen LogP contribution in [-0.4, -0.2) is 43.3 Å². The SMILES string of the molecule is CCCCCCCCCCCCCCC(=O)OC(COC(=O)CCCCCCCCCCCC)COP(=O)(O)OC. The van der Waals surface area contributed by atoms with Crippen molar-refractivity contribution in [3.05, 3.63) is 0 Å². The minimum Gasteiger partial charge on any atom is -0.462 e. The van der Waals surface area contributed by atoms with E-state index in [4.69, 9.17) is 14.0 Å². The molecule has 0 aliphatic carbocycles. The van der Waals surface area contributed by atoms with Gasteiger partial charge in [-0.1, -0.05) is 142 Å². The minimum atomic E-state index is -4.24. The van der Waals surface area contributed by atoms with Gasteiger partial charge in [0, 0.05) is 20.0 Å². The Kier molecular flexibility index (Phi) is 28.5. The van der Waals surface area contributed by atoms with Gasteiger partial charge in [-0.05, 0) is 12.8 Å². The first-order valence-corrected chi connectivity index (χ1v) is 18.2. The van der Waals surface area contributed by atoms with E-state index in [0.717, 1.165) is 45.6 Å². The molecule has 1 N–H and O–H groups in total. The molecule has 0 aromatic heterocycles. The Balaban J connectivity index is 4.10. The average molecular weight is 607 g/mol. The molecule has 0 fully saturated rings. The zero-order chi connectivity index (χ0) is 30.4. The standard InChI is InChI=1S/C32H63O8P/c1-4-6-8-10-12-14-16-17-19-21-23-25-27-32(34)40-30(29-39-41(35,36)37-3)28-38-31(33)26-24-22-20-18-15-13-11-9-7-5-2/h30H,4-29H2,1-3H3,(H,35,36). The summed E-state index contributed by atoms with van der Waals surface area (Å²) in [5.41, 5.74) is 0. The molecule has 9 heteroatoms. The molecule has 41 heavy (non-hydrogen) atoms. The van der Waals surface area contributed by atoms with Gasteiger partial charge in [-0.15, -0.1) is 0 Å². The van der Waals surface area contributed by atoms with E-state index >= 15 is 0 Å². The molecular formula is C32H63O8P. The third-order valence-corrected chi connectivity index (χ3v) is 8.29. The number of carbonyl (C=O) groups excluding carboxylic acids is 2. The lowest BCUT2D eigenvalue weighted by Gasteiger charge is -2.19. The van der Waals surface area contributed by atoms with Crippen molar-refractivity contribution in [2.45, 2.75) is 174 Å². The molecule has 0 spiro atoms. The Hall–Kier alpha value is -0.950. The van der Waals surface area contributed by atoms with E-state index in [1.165, 1.54) is 103 Å². The minimum absolute atomic E-state index is 0.218. The summed E-state index contributed by atoms with van der Waals surface area (Å²) in [6.07, 6.45) is 25.8. The Morgan fingerprint density at radius 2 is 0.951 bits per heavy atom. The van der Waals surface area contributed by atoms with Crippen molar-refractivity contribution in [2.75, 3.05) is 20.3 Å². The van der Waals surface area contributed by atoms with Crippen LogP contribution in [0.2, 0.25) is 0 Å². The molecule has 8 nitrogen and oxygen atoms in total. The van der Waals surface area contributed by atoms with Crippen molar-refractivity contribution in [1.29, 1.82) is 0 Å². The first-order valence-electron chi connectivity index (χ1n) is 16.7. The first-order chi connectivity index (χ1) is 19.8. The number of hydrogen-bond donors (Lipinski definition) is 1. The lowest BCUT2D eigenvalue weighted by Crippen LogP contribution is -2.29. The van der Waals surface area contributed by atoms with Crippen LogP contribution in [0.4, 0.5) is 0 Å². The highest BCUT2D eigenvalue weighted by atomic mass is 31.2. The van der Waals surface area contributed by atoms with E-state index in [-0.39, 0.29) is 19.0 Å². The Bertz CT molecular complexity index is 658. The van der Waals surface area contributed by atoms with Crippen LogP contribution >= 0.6 is 7.82 Å². The van der Waals surface area contributed by atoms with Gasteiger partial charge in [0.2, 0.25) is 0 Å². The smallest absolute Gasteiger partial charge is 0.462 e. The quantitative estimate of drug-likeness (QED) is 0.0472. The van der Waals surface area contributed by atoms with Crippen LogP contribution in [0.25, 0.3) is 0 Å². The number of carbonyl (C=O) groups is 2. The maximum absolute atomic E-state index is 12.4. The summed E-state index contributed by atoms with van der Waals surface area (Å²) in [5.74, 6) is -0.799. The predicted octanol–water partition coefficient (Wildman–Crippen LogP) is 9.61.